The summed E-state index contributed by atoms with van der Waals surface area (Å²) >= 11 is 1.69. The van der Waals surface area contributed by atoms with Gasteiger partial charge < -0.3 is 16.0 Å². The Kier molecular flexibility index (Phi) is 6.52. The molecule has 36 heavy (non-hydrogen) atoms. The molecule has 7 heteroatoms. The molecule has 1 fully saturated rings. The molecule has 1 aromatic carbocycles. The standard InChI is InChI=1S/C27H24N6S.C2H2/c1-16(17-4-5-17)31-21-10-20(12-29-13-21)18-6-7-23(28)19(9-18)11-26-32-24-15-30-14-22(27(24)33-26)25-3-2-8-34-25;1-2/h2-3,6-10,12-15,17,31H,1,4-5,11,28H2,(H,32,33);1-2H. The van der Waals surface area contributed by atoms with E-state index in [0.717, 1.165) is 61.1 Å². The van der Waals surface area contributed by atoms with Crippen molar-refractivity contribution in [1.82, 2.24) is 19.9 Å². The van der Waals surface area contributed by atoms with Crippen molar-refractivity contribution in [2.45, 2.75) is 19.3 Å². The largest absolute Gasteiger partial charge is 0.398 e. The van der Waals surface area contributed by atoms with Crippen molar-refractivity contribution >= 4 is 33.7 Å². The molecule has 0 spiro atoms. The van der Waals surface area contributed by atoms with E-state index < -0.39 is 0 Å². The lowest BCUT2D eigenvalue weighted by molar-refractivity contribution is 1.02. The summed E-state index contributed by atoms with van der Waals surface area (Å²) in [5, 5.41) is 5.47. The smallest absolute Gasteiger partial charge is 0.111 e. The van der Waals surface area contributed by atoms with E-state index in [1.165, 1.54) is 12.8 Å². The van der Waals surface area contributed by atoms with Crippen LogP contribution < -0.4 is 11.1 Å². The number of pyridine rings is 2. The number of aromatic nitrogens is 4. The van der Waals surface area contributed by atoms with Crippen LogP contribution in [0.2, 0.25) is 0 Å². The summed E-state index contributed by atoms with van der Waals surface area (Å²) in [6.07, 6.45) is 18.4. The van der Waals surface area contributed by atoms with Gasteiger partial charge in [0.15, 0.2) is 0 Å². The maximum absolute atomic E-state index is 6.36. The third-order valence-corrected chi connectivity index (χ3v) is 7.08. The van der Waals surface area contributed by atoms with Gasteiger partial charge in [-0.2, -0.15) is 0 Å². The third kappa shape index (κ3) is 4.85. The van der Waals surface area contributed by atoms with Crippen LogP contribution in [0.25, 0.3) is 32.6 Å². The first-order valence-corrected chi connectivity index (χ1v) is 12.5. The molecule has 1 aliphatic rings. The summed E-state index contributed by atoms with van der Waals surface area (Å²) in [5.74, 6) is 1.45. The Morgan fingerprint density at radius 1 is 1.08 bits per heavy atom. The van der Waals surface area contributed by atoms with Crippen molar-refractivity contribution in [3.63, 3.8) is 0 Å². The highest BCUT2D eigenvalue weighted by Crippen LogP contribution is 2.36. The second-order valence-corrected chi connectivity index (χ2v) is 9.67. The van der Waals surface area contributed by atoms with Gasteiger partial charge in [-0.25, -0.2) is 4.98 Å². The number of hydrogen-bond acceptors (Lipinski definition) is 6. The zero-order chi connectivity index (χ0) is 25.1. The molecular formula is C29H26N6S. The van der Waals surface area contributed by atoms with E-state index in [0.29, 0.717) is 12.3 Å². The number of thiophene rings is 1. The van der Waals surface area contributed by atoms with E-state index in [4.69, 9.17) is 10.7 Å². The number of allylic oxidation sites excluding steroid dienone is 1. The number of fused-ring (bicyclic) bond motifs is 1. The minimum Gasteiger partial charge on any atom is -0.398 e. The van der Waals surface area contributed by atoms with Gasteiger partial charge >= 0.3 is 0 Å². The maximum Gasteiger partial charge on any atom is 0.111 e. The number of aromatic amines is 1. The van der Waals surface area contributed by atoms with Crippen LogP contribution in [0.4, 0.5) is 11.4 Å². The molecule has 0 unspecified atom stereocenters. The first kappa shape index (κ1) is 23.3. The van der Waals surface area contributed by atoms with Crippen molar-refractivity contribution in [2.75, 3.05) is 11.1 Å². The molecule has 4 heterocycles. The molecule has 1 aliphatic carbocycles. The summed E-state index contributed by atoms with van der Waals surface area (Å²) in [7, 11) is 0. The minimum absolute atomic E-state index is 0.589. The summed E-state index contributed by atoms with van der Waals surface area (Å²) < 4.78 is 0. The van der Waals surface area contributed by atoms with E-state index in [-0.39, 0.29) is 0 Å². The highest BCUT2D eigenvalue weighted by atomic mass is 32.1. The Morgan fingerprint density at radius 2 is 1.92 bits per heavy atom. The number of rotatable bonds is 7. The number of nitrogens with zero attached hydrogens (tertiary/aromatic N) is 3. The van der Waals surface area contributed by atoms with Crippen molar-refractivity contribution in [3.8, 4) is 34.4 Å². The topological polar surface area (TPSA) is 92.5 Å². The molecule has 1 saturated carbocycles. The molecule has 6 nitrogen and oxygen atoms in total. The molecular weight excluding hydrogens is 464 g/mol. The van der Waals surface area contributed by atoms with Crippen molar-refractivity contribution in [1.29, 1.82) is 0 Å². The Hall–Kier alpha value is -4.41. The van der Waals surface area contributed by atoms with E-state index in [9.17, 15) is 0 Å². The molecule has 4 aromatic heterocycles. The Labute approximate surface area is 214 Å². The number of terminal acetylenes is 1. The number of H-pyrrole nitrogens is 1. The van der Waals surface area contributed by atoms with Crippen molar-refractivity contribution in [3.05, 3.63) is 90.2 Å². The molecule has 6 rings (SSSR count). The Bertz CT molecular complexity index is 1540. The second-order valence-electron chi connectivity index (χ2n) is 8.72. The third-order valence-electron chi connectivity index (χ3n) is 6.18. The summed E-state index contributed by atoms with van der Waals surface area (Å²) in [6.45, 7) is 4.16. The van der Waals surface area contributed by atoms with Gasteiger partial charge in [0.1, 0.15) is 11.3 Å². The zero-order valence-corrected chi connectivity index (χ0v) is 20.6. The second kappa shape index (κ2) is 10.1. The predicted octanol–water partition coefficient (Wildman–Crippen LogP) is 6.51. The maximum atomic E-state index is 6.36. The van der Waals surface area contributed by atoms with Crippen LogP contribution >= 0.6 is 11.3 Å². The van der Waals surface area contributed by atoms with Gasteiger partial charge in [0.25, 0.3) is 0 Å². The van der Waals surface area contributed by atoms with Crippen LogP contribution in [-0.2, 0) is 6.42 Å². The predicted molar refractivity (Wildman–Crippen MR) is 149 cm³/mol. The number of nitrogen functional groups attached to an aromatic ring is 1. The summed E-state index contributed by atoms with van der Waals surface area (Å²) in [4.78, 5) is 18.3. The fourth-order valence-electron chi connectivity index (χ4n) is 4.18. The van der Waals surface area contributed by atoms with E-state index in [2.05, 4.69) is 63.3 Å². The Balaban J connectivity index is 0.00000130. The number of imidazole rings is 1. The highest BCUT2D eigenvalue weighted by Gasteiger charge is 2.24. The fraction of sp³-hybridized carbons (Fsp3) is 0.138. The van der Waals surface area contributed by atoms with Crippen LogP contribution in [0.1, 0.15) is 24.2 Å². The molecule has 0 aliphatic heterocycles. The molecule has 4 N–H and O–H groups in total. The van der Waals surface area contributed by atoms with Gasteiger partial charge in [0, 0.05) is 46.2 Å². The van der Waals surface area contributed by atoms with Crippen LogP contribution in [0, 0.1) is 18.8 Å². The lowest BCUT2D eigenvalue weighted by Gasteiger charge is -2.11. The van der Waals surface area contributed by atoms with Gasteiger partial charge in [-0.1, -0.05) is 18.7 Å². The molecule has 178 valence electrons. The van der Waals surface area contributed by atoms with E-state index in [1.54, 1.807) is 11.3 Å². The average molecular weight is 491 g/mol. The lowest BCUT2D eigenvalue weighted by atomic mass is 10.0. The quantitative estimate of drug-likeness (QED) is 0.179. The number of nitrogens with one attached hydrogen (secondary N) is 2. The fourth-order valence-corrected chi connectivity index (χ4v) is 4.92. The van der Waals surface area contributed by atoms with Crippen LogP contribution in [0.5, 0.6) is 0 Å². The SMILES string of the molecule is C#C.C=C(Nc1cncc(-c2ccc(N)c(Cc3nc4c(-c5cccs5)cncc4[nH]3)c2)c1)C1CC1. The van der Waals surface area contributed by atoms with Gasteiger partial charge in [-0.15, -0.1) is 24.2 Å². The van der Waals surface area contributed by atoms with E-state index >= 15 is 0 Å². The number of hydrogen-bond donors (Lipinski definition) is 3. The average Bonchev–Trinajstić information content (AvgIpc) is 3.45. The van der Waals surface area contributed by atoms with Crippen molar-refractivity contribution < 1.29 is 0 Å². The van der Waals surface area contributed by atoms with Gasteiger partial charge in [-0.3, -0.25) is 9.97 Å². The molecule has 0 saturated heterocycles. The van der Waals surface area contributed by atoms with Gasteiger partial charge in [-0.05, 0) is 59.5 Å². The Morgan fingerprint density at radius 3 is 2.69 bits per heavy atom. The first-order chi connectivity index (χ1) is 17.6. The zero-order valence-electron chi connectivity index (χ0n) is 19.7. The van der Waals surface area contributed by atoms with Crippen LogP contribution in [0.15, 0.2) is 78.8 Å². The summed E-state index contributed by atoms with van der Waals surface area (Å²) in [5.41, 5.74) is 15.1. The lowest BCUT2D eigenvalue weighted by Crippen LogP contribution is -2.01. The molecule has 0 amide bonds. The number of benzene rings is 1. The van der Waals surface area contributed by atoms with Gasteiger partial charge in [0.05, 0.1) is 23.6 Å². The molecule has 0 bridgehead atoms. The molecule has 5 aromatic rings. The van der Waals surface area contributed by atoms with E-state index in [1.807, 2.05) is 43.0 Å². The minimum atomic E-state index is 0.589. The molecule has 0 radical (unpaired) electrons. The van der Waals surface area contributed by atoms with Crippen molar-refractivity contribution in [2.24, 2.45) is 5.92 Å². The summed E-state index contributed by atoms with van der Waals surface area (Å²) in [6, 6.07) is 12.4. The molecule has 0 atom stereocenters. The van der Waals surface area contributed by atoms with Gasteiger partial charge in [0.2, 0.25) is 0 Å². The first-order valence-electron chi connectivity index (χ1n) is 11.6. The number of nitrogens with two attached hydrogens (primary N) is 1. The number of anilines is 2. The highest BCUT2D eigenvalue weighted by molar-refractivity contribution is 7.13. The normalized spacial score (nSPS) is 12.6. The van der Waals surface area contributed by atoms with Crippen LogP contribution in [0.3, 0.4) is 0 Å². The monoisotopic (exact) mass is 490 g/mol. The van der Waals surface area contributed by atoms with Crippen LogP contribution in [-0.4, -0.2) is 19.9 Å².